The number of anilines is 2. The molecule has 14 heavy (non-hydrogen) atoms. The number of benzene rings is 1. The highest BCUT2D eigenvalue weighted by Gasteiger charge is 1.93. The monoisotopic (exact) mass is 191 g/mol. The second kappa shape index (κ2) is 4.86. The summed E-state index contributed by atoms with van der Waals surface area (Å²) in [6.45, 7) is 0.166. The molecule has 0 unspecified atom stereocenters. The molecule has 0 aliphatic rings. The Morgan fingerprint density at radius 3 is 2.43 bits per heavy atom. The molecule has 0 saturated carbocycles. The van der Waals surface area contributed by atoms with Gasteiger partial charge in [0.05, 0.1) is 6.54 Å². The molecule has 5 N–H and O–H groups in total. The summed E-state index contributed by atoms with van der Waals surface area (Å²) in [7, 11) is 0. The number of carbonyl (C=O) groups excluding carboxylic acids is 1. The first-order chi connectivity index (χ1) is 6.72. The van der Waals surface area contributed by atoms with Crippen LogP contribution in [0, 0.1) is 5.41 Å². The normalized spacial score (nSPS) is 9.14. The van der Waals surface area contributed by atoms with E-state index in [-0.39, 0.29) is 12.5 Å². The summed E-state index contributed by atoms with van der Waals surface area (Å²) in [4.78, 5) is 9.95. The first kappa shape index (κ1) is 10.0. The molecule has 0 aliphatic carbocycles. The summed E-state index contributed by atoms with van der Waals surface area (Å²) < 4.78 is 0. The van der Waals surface area contributed by atoms with E-state index in [1.807, 2.05) is 0 Å². The Morgan fingerprint density at radius 2 is 1.93 bits per heavy atom. The van der Waals surface area contributed by atoms with Crippen molar-refractivity contribution in [1.29, 1.82) is 5.41 Å². The van der Waals surface area contributed by atoms with E-state index >= 15 is 0 Å². The van der Waals surface area contributed by atoms with Crippen molar-refractivity contribution in [2.75, 3.05) is 17.2 Å². The molecule has 5 nitrogen and oxygen atoms in total. The average molecular weight is 191 g/mol. The molecule has 0 aliphatic heterocycles. The molecular weight excluding hydrogens is 180 g/mol. The Morgan fingerprint density at radius 1 is 1.36 bits per heavy atom. The number of hydrogen-bond donors (Lipinski definition) is 4. The van der Waals surface area contributed by atoms with Crippen molar-refractivity contribution in [1.82, 2.24) is 0 Å². The number of guanidine groups is 1. The molecule has 1 aromatic carbocycles. The molecular formula is C9H11N4O. The molecule has 1 rings (SSSR count). The van der Waals surface area contributed by atoms with Gasteiger partial charge in [-0.15, -0.1) is 0 Å². The van der Waals surface area contributed by atoms with Gasteiger partial charge in [0.25, 0.3) is 0 Å². The van der Waals surface area contributed by atoms with Crippen LogP contribution < -0.4 is 16.4 Å². The summed E-state index contributed by atoms with van der Waals surface area (Å²) in [5.41, 5.74) is 6.70. The molecule has 0 spiro atoms. The zero-order valence-electron chi connectivity index (χ0n) is 7.50. The van der Waals surface area contributed by atoms with Gasteiger partial charge in [-0.05, 0) is 24.3 Å². The molecule has 5 heteroatoms. The highest BCUT2D eigenvalue weighted by Crippen LogP contribution is 2.12. The third-order valence-electron chi connectivity index (χ3n) is 1.53. The van der Waals surface area contributed by atoms with E-state index in [0.29, 0.717) is 0 Å². The van der Waals surface area contributed by atoms with Crippen molar-refractivity contribution < 1.29 is 4.79 Å². The van der Waals surface area contributed by atoms with E-state index in [1.54, 1.807) is 30.6 Å². The van der Waals surface area contributed by atoms with Gasteiger partial charge in [0.2, 0.25) is 6.29 Å². The van der Waals surface area contributed by atoms with Gasteiger partial charge in [-0.3, -0.25) is 10.2 Å². The molecule has 0 fully saturated rings. The minimum Gasteiger partial charge on any atom is -0.377 e. The molecule has 73 valence electrons. The number of rotatable bonds is 4. The minimum atomic E-state index is -0.105. The lowest BCUT2D eigenvalue weighted by Gasteiger charge is -2.05. The Bertz CT molecular complexity index is 320. The molecule has 0 amide bonds. The van der Waals surface area contributed by atoms with Crippen LogP contribution in [0.2, 0.25) is 0 Å². The predicted molar refractivity (Wildman–Crippen MR) is 56.2 cm³/mol. The molecule has 0 heterocycles. The van der Waals surface area contributed by atoms with Crippen LogP contribution in [0.4, 0.5) is 11.4 Å². The number of hydrogen-bond acceptors (Lipinski definition) is 3. The summed E-state index contributed by atoms with van der Waals surface area (Å²) in [5.74, 6) is -0.105. The zero-order valence-corrected chi connectivity index (χ0v) is 7.50. The average Bonchev–Trinajstić information content (AvgIpc) is 2.16. The molecule has 0 aromatic heterocycles. The lowest BCUT2D eigenvalue weighted by atomic mass is 10.3. The zero-order chi connectivity index (χ0) is 10.4. The van der Waals surface area contributed by atoms with Crippen LogP contribution in [0.1, 0.15) is 0 Å². The maximum absolute atomic E-state index is 9.95. The summed E-state index contributed by atoms with van der Waals surface area (Å²) >= 11 is 0. The van der Waals surface area contributed by atoms with Crippen molar-refractivity contribution in [3.05, 3.63) is 24.3 Å². The highest BCUT2D eigenvalue weighted by atomic mass is 16.1. The van der Waals surface area contributed by atoms with Crippen LogP contribution in [-0.4, -0.2) is 18.8 Å². The van der Waals surface area contributed by atoms with Crippen molar-refractivity contribution >= 4 is 23.6 Å². The van der Waals surface area contributed by atoms with E-state index in [0.717, 1.165) is 11.4 Å². The summed E-state index contributed by atoms with van der Waals surface area (Å²) in [6.07, 6.45) is 1.73. The van der Waals surface area contributed by atoms with Crippen LogP contribution in [0.15, 0.2) is 24.3 Å². The van der Waals surface area contributed by atoms with E-state index in [4.69, 9.17) is 11.1 Å². The quantitative estimate of drug-likeness (QED) is 0.412. The predicted octanol–water partition coefficient (Wildman–Crippen LogP) is 0.514. The number of nitrogens with one attached hydrogen (secondary N) is 3. The maximum Gasteiger partial charge on any atom is 0.219 e. The van der Waals surface area contributed by atoms with Crippen LogP contribution in [0.3, 0.4) is 0 Å². The van der Waals surface area contributed by atoms with Gasteiger partial charge < -0.3 is 16.4 Å². The van der Waals surface area contributed by atoms with Gasteiger partial charge in [-0.25, -0.2) is 0 Å². The topological polar surface area (TPSA) is 91.0 Å². The van der Waals surface area contributed by atoms with Gasteiger partial charge >= 0.3 is 0 Å². The van der Waals surface area contributed by atoms with Crippen molar-refractivity contribution in [3.63, 3.8) is 0 Å². The second-order valence-corrected chi connectivity index (χ2v) is 2.61. The van der Waals surface area contributed by atoms with E-state index in [9.17, 15) is 4.79 Å². The SMILES string of the molecule is N=C(N)Nc1ccc(NC[C]=O)cc1. The van der Waals surface area contributed by atoms with Crippen LogP contribution in [0.25, 0.3) is 0 Å². The fraction of sp³-hybridized carbons (Fsp3) is 0.111. The van der Waals surface area contributed by atoms with Crippen molar-refractivity contribution in [3.8, 4) is 0 Å². The van der Waals surface area contributed by atoms with Gasteiger partial charge in [-0.1, -0.05) is 0 Å². The minimum absolute atomic E-state index is 0.105. The summed E-state index contributed by atoms with van der Waals surface area (Å²) in [5, 5.41) is 12.5. The molecule has 1 aromatic rings. The molecule has 0 saturated heterocycles. The largest absolute Gasteiger partial charge is 0.377 e. The standard InChI is InChI=1S/C9H11N4O/c10-9(11)13-8-3-1-7(2-4-8)12-5-6-14/h1-4,12H,5H2,(H4,10,11,13). The third-order valence-corrected chi connectivity index (χ3v) is 1.53. The first-order valence-electron chi connectivity index (χ1n) is 4.02. The smallest absolute Gasteiger partial charge is 0.219 e. The van der Waals surface area contributed by atoms with E-state index < -0.39 is 0 Å². The first-order valence-corrected chi connectivity index (χ1v) is 4.02. The Kier molecular flexibility index (Phi) is 3.49. The lowest BCUT2D eigenvalue weighted by Crippen LogP contribution is -2.20. The molecule has 0 bridgehead atoms. The second-order valence-electron chi connectivity index (χ2n) is 2.61. The van der Waals surface area contributed by atoms with Crippen molar-refractivity contribution in [2.24, 2.45) is 5.73 Å². The Hall–Kier alpha value is -2.04. The lowest BCUT2D eigenvalue weighted by molar-refractivity contribution is 0.557. The van der Waals surface area contributed by atoms with Gasteiger partial charge in [0, 0.05) is 11.4 Å². The summed E-state index contributed by atoms with van der Waals surface area (Å²) in [6, 6.07) is 7.08. The Labute approximate surface area is 81.8 Å². The Balaban J connectivity index is 2.58. The van der Waals surface area contributed by atoms with Gasteiger partial charge in [-0.2, -0.15) is 0 Å². The van der Waals surface area contributed by atoms with E-state index in [1.165, 1.54) is 0 Å². The highest BCUT2D eigenvalue weighted by molar-refractivity contribution is 5.89. The van der Waals surface area contributed by atoms with Crippen LogP contribution in [-0.2, 0) is 4.79 Å². The van der Waals surface area contributed by atoms with E-state index in [2.05, 4.69) is 10.6 Å². The fourth-order valence-electron chi connectivity index (χ4n) is 0.965. The maximum atomic E-state index is 9.95. The third kappa shape index (κ3) is 3.14. The fourth-order valence-corrected chi connectivity index (χ4v) is 0.965. The van der Waals surface area contributed by atoms with Gasteiger partial charge in [0.1, 0.15) is 0 Å². The molecule has 1 radical (unpaired) electrons. The van der Waals surface area contributed by atoms with Crippen molar-refractivity contribution in [2.45, 2.75) is 0 Å². The van der Waals surface area contributed by atoms with Crippen LogP contribution >= 0.6 is 0 Å². The number of nitrogens with two attached hydrogens (primary N) is 1. The molecule has 0 atom stereocenters. The van der Waals surface area contributed by atoms with Gasteiger partial charge in [0.15, 0.2) is 5.96 Å². The van der Waals surface area contributed by atoms with Crippen LogP contribution in [0.5, 0.6) is 0 Å².